The second-order valence-corrected chi connectivity index (χ2v) is 4.86. The molecule has 0 fully saturated rings. The van der Waals surface area contributed by atoms with Gasteiger partial charge in [-0.05, 0) is 30.2 Å². The number of carbonyl (C=O) groups is 1. The molecule has 0 saturated carbocycles. The van der Waals surface area contributed by atoms with Crippen molar-refractivity contribution in [1.29, 1.82) is 0 Å². The van der Waals surface area contributed by atoms with E-state index < -0.39 is 0 Å². The van der Waals surface area contributed by atoms with Gasteiger partial charge in [0, 0.05) is 17.4 Å². The maximum Gasteiger partial charge on any atom is 0.220 e. The molecule has 0 spiro atoms. The van der Waals surface area contributed by atoms with Gasteiger partial charge in [0.05, 0.1) is 0 Å². The smallest absolute Gasteiger partial charge is 0.220 e. The lowest BCUT2D eigenvalue weighted by molar-refractivity contribution is -0.122. The summed E-state index contributed by atoms with van der Waals surface area (Å²) in [6.07, 6.45) is 0.493. The molecule has 0 bridgehead atoms. The molecular weight excluding hydrogens is 268 g/mol. The van der Waals surface area contributed by atoms with E-state index in [0.717, 1.165) is 10.0 Å². The van der Waals surface area contributed by atoms with Crippen LogP contribution in [0.5, 0.6) is 0 Å². The molecule has 1 rings (SSSR count). The summed E-state index contributed by atoms with van der Waals surface area (Å²) in [6, 6.07) is 7.89. The first-order valence-corrected chi connectivity index (χ1v) is 6.12. The molecule has 16 heavy (non-hydrogen) atoms. The molecule has 1 unspecified atom stereocenters. The predicted molar refractivity (Wildman–Crippen MR) is 68.8 cm³/mol. The zero-order valence-electron chi connectivity index (χ0n) is 9.37. The van der Waals surface area contributed by atoms with Crippen molar-refractivity contribution in [3.8, 4) is 0 Å². The third-order valence-electron chi connectivity index (χ3n) is 2.34. The van der Waals surface area contributed by atoms with Crippen LogP contribution in [0.25, 0.3) is 0 Å². The fraction of sp³-hybridized carbons (Fsp3) is 0.417. The normalized spacial score (nSPS) is 12.2. The molecule has 0 saturated heterocycles. The molecule has 0 aliphatic rings. The summed E-state index contributed by atoms with van der Waals surface area (Å²) >= 11 is 3.37. The average molecular weight is 285 g/mol. The Morgan fingerprint density at radius 1 is 1.44 bits per heavy atom. The van der Waals surface area contributed by atoms with Crippen molar-refractivity contribution in [1.82, 2.24) is 5.32 Å². The number of hydrogen-bond acceptors (Lipinski definition) is 2. The van der Waals surface area contributed by atoms with Crippen molar-refractivity contribution < 1.29 is 4.79 Å². The molecule has 0 aliphatic carbocycles. The Morgan fingerprint density at radius 3 is 2.62 bits per heavy atom. The van der Waals surface area contributed by atoms with Gasteiger partial charge in [-0.25, -0.2) is 0 Å². The number of rotatable bonds is 5. The van der Waals surface area contributed by atoms with Crippen LogP contribution in [0.3, 0.4) is 0 Å². The van der Waals surface area contributed by atoms with E-state index in [4.69, 9.17) is 5.73 Å². The summed E-state index contributed by atoms with van der Waals surface area (Å²) in [5.74, 6) is 0.297. The van der Waals surface area contributed by atoms with Gasteiger partial charge in [-0.2, -0.15) is 0 Å². The highest BCUT2D eigenvalue weighted by Crippen LogP contribution is 2.10. The van der Waals surface area contributed by atoms with Gasteiger partial charge < -0.3 is 11.1 Å². The highest BCUT2D eigenvalue weighted by Gasteiger charge is 2.06. The minimum Gasteiger partial charge on any atom is -0.352 e. The number of benzene rings is 1. The van der Waals surface area contributed by atoms with Gasteiger partial charge in [-0.3, -0.25) is 4.79 Å². The summed E-state index contributed by atoms with van der Waals surface area (Å²) in [5, 5.41) is 2.87. The van der Waals surface area contributed by atoms with Crippen LogP contribution < -0.4 is 11.1 Å². The number of carbonyl (C=O) groups excluding carboxylic acids is 1. The Morgan fingerprint density at radius 2 is 2.06 bits per heavy atom. The number of hydrogen-bond donors (Lipinski definition) is 2. The van der Waals surface area contributed by atoms with Crippen LogP contribution in [-0.4, -0.2) is 12.5 Å². The van der Waals surface area contributed by atoms with Crippen LogP contribution >= 0.6 is 15.9 Å². The van der Waals surface area contributed by atoms with Crippen molar-refractivity contribution in [2.45, 2.75) is 19.9 Å². The van der Waals surface area contributed by atoms with Crippen LogP contribution in [0, 0.1) is 5.92 Å². The molecule has 1 atom stereocenters. The Balaban J connectivity index is 2.34. The zero-order chi connectivity index (χ0) is 12.0. The molecule has 1 amide bonds. The largest absolute Gasteiger partial charge is 0.352 e. The van der Waals surface area contributed by atoms with Gasteiger partial charge in [-0.1, -0.05) is 35.0 Å². The Labute approximate surface area is 105 Å². The Hall–Kier alpha value is -0.870. The van der Waals surface area contributed by atoms with E-state index in [0.29, 0.717) is 19.5 Å². The maximum atomic E-state index is 11.5. The van der Waals surface area contributed by atoms with Gasteiger partial charge in [0.1, 0.15) is 0 Å². The summed E-state index contributed by atoms with van der Waals surface area (Å²) in [6.45, 7) is 3.09. The predicted octanol–water partition coefficient (Wildman–Crippen LogP) is 2.05. The summed E-state index contributed by atoms with van der Waals surface area (Å²) in [5.41, 5.74) is 6.55. The van der Waals surface area contributed by atoms with Crippen molar-refractivity contribution in [3.63, 3.8) is 0 Å². The van der Waals surface area contributed by atoms with Gasteiger partial charge in [0.25, 0.3) is 0 Å². The Bertz CT molecular complexity index is 337. The van der Waals surface area contributed by atoms with Crippen LogP contribution in [0.1, 0.15) is 18.9 Å². The highest BCUT2D eigenvalue weighted by atomic mass is 79.9. The van der Waals surface area contributed by atoms with E-state index in [1.165, 1.54) is 0 Å². The van der Waals surface area contributed by atoms with Gasteiger partial charge in [0.15, 0.2) is 0 Å². The molecule has 3 nitrogen and oxygen atoms in total. The van der Waals surface area contributed by atoms with Gasteiger partial charge >= 0.3 is 0 Å². The van der Waals surface area contributed by atoms with E-state index in [1.807, 2.05) is 31.2 Å². The summed E-state index contributed by atoms with van der Waals surface area (Å²) in [7, 11) is 0. The van der Waals surface area contributed by atoms with Crippen molar-refractivity contribution >= 4 is 21.8 Å². The lowest BCUT2D eigenvalue weighted by atomic mass is 10.1. The van der Waals surface area contributed by atoms with Crippen LogP contribution in [0.15, 0.2) is 28.7 Å². The lowest BCUT2D eigenvalue weighted by Crippen LogP contribution is -2.26. The molecule has 88 valence electrons. The second kappa shape index (κ2) is 6.66. The van der Waals surface area contributed by atoms with Crippen LogP contribution in [-0.2, 0) is 11.3 Å². The third kappa shape index (κ3) is 4.77. The van der Waals surface area contributed by atoms with E-state index in [9.17, 15) is 4.79 Å². The molecule has 0 aromatic heterocycles. The zero-order valence-corrected chi connectivity index (χ0v) is 11.0. The van der Waals surface area contributed by atoms with Gasteiger partial charge in [0.2, 0.25) is 5.91 Å². The molecule has 4 heteroatoms. The first-order chi connectivity index (χ1) is 7.61. The first-order valence-electron chi connectivity index (χ1n) is 5.33. The standard InChI is InChI=1S/C12H17BrN2O/c1-9(7-14)6-12(16)15-8-10-2-4-11(13)5-3-10/h2-5,9H,6-8,14H2,1H3,(H,15,16). The van der Waals surface area contributed by atoms with E-state index in [2.05, 4.69) is 21.2 Å². The molecular formula is C12H17BrN2O. The molecule has 1 aromatic rings. The first kappa shape index (κ1) is 13.2. The van der Waals surface area contributed by atoms with Crippen molar-refractivity contribution in [3.05, 3.63) is 34.3 Å². The second-order valence-electron chi connectivity index (χ2n) is 3.95. The molecule has 0 radical (unpaired) electrons. The van der Waals surface area contributed by atoms with E-state index in [-0.39, 0.29) is 11.8 Å². The fourth-order valence-corrected chi connectivity index (χ4v) is 1.54. The fourth-order valence-electron chi connectivity index (χ4n) is 1.27. The van der Waals surface area contributed by atoms with E-state index >= 15 is 0 Å². The number of halogens is 1. The topological polar surface area (TPSA) is 55.1 Å². The third-order valence-corrected chi connectivity index (χ3v) is 2.87. The number of nitrogens with two attached hydrogens (primary N) is 1. The monoisotopic (exact) mass is 284 g/mol. The quantitative estimate of drug-likeness (QED) is 0.870. The minimum absolute atomic E-state index is 0.0564. The van der Waals surface area contributed by atoms with Crippen LogP contribution in [0.2, 0.25) is 0 Å². The van der Waals surface area contributed by atoms with Gasteiger partial charge in [-0.15, -0.1) is 0 Å². The molecule has 1 aromatic carbocycles. The van der Waals surface area contributed by atoms with Crippen LogP contribution in [0.4, 0.5) is 0 Å². The summed E-state index contributed by atoms with van der Waals surface area (Å²) in [4.78, 5) is 11.5. The minimum atomic E-state index is 0.0564. The van der Waals surface area contributed by atoms with Crippen molar-refractivity contribution in [2.24, 2.45) is 11.7 Å². The number of nitrogens with one attached hydrogen (secondary N) is 1. The molecule has 3 N–H and O–H groups in total. The highest BCUT2D eigenvalue weighted by molar-refractivity contribution is 9.10. The lowest BCUT2D eigenvalue weighted by Gasteiger charge is -2.09. The molecule has 0 heterocycles. The average Bonchev–Trinajstić information content (AvgIpc) is 2.28. The molecule has 0 aliphatic heterocycles. The maximum absolute atomic E-state index is 11.5. The Kier molecular flexibility index (Phi) is 5.49. The van der Waals surface area contributed by atoms with E-state index in [1.54, 1.807) is 0 Å². The SMILES string of the molecule is CC(CN)CC(=O)NCc1ccc(Br)cc1. The number of amides is 1. The van der Waals surface area contributed by atoms with Crippen molar-refractivity contribution in [2.75, 3.05) is 6.54 Å². The summed E-state index contributed by atoms with van der Waals surface area (Å²) < 4.78 is 1.04.